The van der Waals surface area contributed by atoms with Crippen LogP contribution in [0.25, 0.3) is 5.69 Å². The van der Waals surface area contributed by atoms with Gasteiger partial charge < -0.3 is 14.9 Å². The number of nitrogens with one attached hydrogen (secondary N) is 1. The van der Waals surface area contributed by atoms with E-state index in [0.717, 1.165) is 5.06 Å². The molecule has 0 bridgehead atoms. The second kappa shape index (κ2) is 9.38. The number of carbonyl (C=O) groups excluding carboxylic acids is 2. The number of hydroxylamine groups is 2. The van der Waals surface area contributed by atoms with Gasteiger partial charge in [0, 0.05) is 12.4 Å². The molecule has 2 heterocycles. The number of rotatable bonds is 6. The summed E-state index contributed by atoms with van der Waals surface area (Å²) >= 11 is 6.36. The average Bonchev–Trinajstić information content (AvgIpc) is 3.17. The standard InChI is InChI=1S/C23H26ClN5O6S/c1-22(2,3)34-21(31)35-29-13-16(12-18(29)20(30)27-23(14-25)7-8-23)36(32,33)19-6-5-15(11-17(19)24)28-10-4-9-26-28/h4-6,9-11,16,18H,7-8,12-13H2,1-3H3,(H,27,30)/t16-,18+/m1/s1. The molecule has 1 N–H and O–H groups in total. The zero-order valence-electron chi connectivity index (χ0n) is 20.0. The first-order chi connectivity index (χ1) is 16.8. The topological polar surface area (TPSA) is 144 Å². The highest BCUT2D eigenvalue weighted by Gasteiger charge is 2.51. The lowest BCUT2D eigenvalue weighted by molar-refractivity contribution is -0.162. The SMILES string of the molecule is CC(C)(C)OC(=O)ON1C[C@H](S(=O)(=O)c2ccc(-n3cccn3)cc2Cl)C[C@H]1C(=O)NC1(C#N)CC1. The van der Waals surface area contributed by atoms with Crippen LogP contribution in [0.3, 0.4) is 0 Å². The predicted molar refractivity (Wildman–Crippen MR) is 128 cm³/mol. The monoisotopic (exact) mass is 535 g/mol. The van der Waals surface area contributed by atoms with Crippen molar-refractivity contribution in [2.24, 2.45) is 0 Å². The third kappa shape index (κ3) is 5.48. The quantitative estimate of drug-likeness (QED) is 0.552. The molecule has 0 spiro atoms. The summed E-state index contributed by atoms with van der Waals surface area (Å²) in [5, 5.41) is 16.0. The van der Waals surface area contributed by atoms with Crippen molar-refractivity contribution >= 4 is 33.5 Å². The second-order valence-electron chi connectivity index (χ2n) is 9.82. The van der Waals surface area contributed by atoms with E-state index in [-0.39, 0.29) is 22.9 Å². The minimum atomic E-state index is -4.04. The highest BCUT2D eigenvalue weighted by atomic mass is 35.5. The third-order valence-corrected chi connectivity index (χ3v) is 8.47. The van der Waals surface area contributed by atoms with Gasteiger partial charge in [-0.2, -0.15) is 10.4 Å². The summed E-state index contributed by atoms with van der Waals surface area (Å²) in [5.41, 5.74) is -1.26. The minimum Gasteiger partial charge on any atom is -0.427 e. The van der Waals surface area contributed by atoms with Gasteiger partial charge in [-0.25, -0.2) is 17.9 Å². The number of benzene rings is 1. The average molecular weight is 536 g/mol. The maximum absolute atomic E-state index is 13.5. The van der Waals surface area contributed by atoms with E-state index in [4.69, 9.17) is 21.2 Å². The molecule has 1 aliphatic heterocycles. The van der Waals surface area contributed by atoms with E-state index >= 15 is 0 Å². The summed E-state index contributed by atoms with van der Waals surface area (Å²) in [6, 6.07) is 7.09. The molecule has 2 atom stereocenters. The number of amides is 1. The van der Waals surface area contributed by atoms with Crippen LogP contribution in [0.5, 0.6) is 0 Å². The van der Waals surface area contributed by atoms with Gasteiger partial charge >= 0.3 is 6.16 Å². The lowest BCUT2D eigenvalue weighted by Crippen LogP contribution is -2.48. The van der Waals surface area contributed by atoms with Crippen LogP contribution in [0.2, 0.25) is 5.02 Å². The Morgan fingerprint density at radius 2 is 2.03 bits per heavy atom. The number of ether oxygens (including phenoxy) is 1. The van der Waals surface area contributed by atoms with Crippen molar-refractivity contribution in [2.45, 2.75) is 67.4 Å². The Hall–Kier alpha value is -3.14. The van der Waals surface area contributed by atoms with E-state index in [1.165, 1.54) is 16.8 Å². The van der Waals surface area contributed by atoms with Gasteiger partial charge in [-0.05, 0) is 64.3 Å². The highest BCUT2D eigenvalue weighted by molar-refractivity contribution is 7.92. The molecular formula is C23H26ClN5O6S. The first-order valence-electron chi connectivity index (χ1n) is 11.3. The molecule has 36 heavy (non-hydrogen) atoms. The van der Waals surface area contributed by atoms with Gasteiger partial charge in [0.05, 0.1) is 33.5 Å². The fourth-order valence-electron chi connectivity index (χ4n) is 3.87. The van der Waals surface area contributed by atoms with Gasteiger partial charge in [0.1, 0.15) is 17.2 Å². The van der Waals surface area contributed by atoms with Crippen LogP contribution < -0.4 is 5.32 Å². The molecule has 1 amide bonds. The van der Waals surface area contributed by atoms with Crippen LogP contribution in [-0.4, -0.2) is 64.3 Å². The number of sulfone groups is 1. The Kier molecular flexibility index (Phi) is 6.76. The Labute approximate surface area is 213 Å². The summed E-state index contributed by atoms with van der Waals surface area (Å²) in [6.45, 7) is 4.66. The number of aromatic nitrogens is 2. The first-order valence-corrected chi connectivity index (χ1v) is 13.2. The Morgan fingerprint density at radius 1 is 1.31 bits per heavy atom. The van der Waals surface area contributed by atoms with Crippen LogP contribution in [0.4, 0.5) is 4.79 Å². The van der Waals surface area contributed by atoms with Gasteiger partial charge in [0.25, 0.3) is 0 Å². The number of hydrogen-bond acceptors (Lipinski definition) is 9. The van der Waals surface area contributed by atoms with E-state index in [9.17, 15) is 23.3 Å². The summed E-state index contributed by atoms with van der Waals surface area (Å²) in [5.74, 6) is -0.601. The van der Waals surface area contributed by atoms with Crippen LogP contribution in [0.1, 0.15) is 40.0 Å². The molecule has 0 unspecified atom stereocenters. The maximum atomic E-state index is 13.5. The lowest BCUT2D eigenvalue weighted by Gasteiger charge is -2.25. The van der Waals surface area contributed by atoms with Gasteiger partial charge in [0.15, 0.2) is 9.84 Å². The summed E-state index contributed by atoms with van der Waals surface area (Å²) in [4.78, 5) is 30.5. The summed E-state index contributed by atoms with van der Waals surface area (Å²) in [6.07, 6.45) is 3.03. The number of halogens is 1. The van der Waals surface area contributed by atoms with E-state index in [0.29, 0.717) is 18.5 Å². The van der Waals surface area contributed by atoms with Crippen molar-refractivity contribution in [1.29, 1.82) is 5.26 Å². The number of carbonyl (C=O) groups is 2. The lowest BCUT2D eigenvalue weighted by atomic mass is 10.2. The Bertz CT molecular complexity index is 1310. The van der Waals surface area contributed by atoms with Crippen LogP contribution in [0.15, 0.2) is 41.6 Å². The molecule has 2 aliphatic rings. The van der Waals surface area contributed by atoms with Crippen molar-refractivity contribution in [1.82, 2.24) is 20.2 Å². The number of nitrogens with zero attached hydrogens (tertiary/aromatic N) is 4. The molecule has 1 saturated heterocycles. The smallest absolute Gasteiger partial charge is 0.427 e. The fourth-order valence-corrected chi connectivity index (χ4v) is 6.09. The summed E-state index contributed by atoms with van der Waals surface area (Å²) in [7, 11) is -4.04. The van der Waals surface area contributed by atoms with E-state index in [1.54, 1.807) is 45.3 Å². The highest BCUT2D eigenvalue weighted by Crippen LogP contribution is 2.37. The molecule has 192 valence electrons. The van der Waals surface area contributed by atoms with Gasteiger partial charge in [0.2, 0.25) is 5.91 Å². The molecule has 1 aliphatic carbocycles. The van der Waals surface area contributed by atoms with Crippen LogP contribution in [0, 0.1) is 11.3 Å². The molecule has 4 rings (SSSR count). The largest absolute Gasteiger partial charge is 0.528 e. The maximum Gasteiger partial charge on any atom is 0.528 e. The van der Waals surface area contributed by atoms with Crippen LogP contribution >= 0.6 is 11.6 Å². The van der Waals surface area contributed by atoms with E-state index in [2.05, 4.69) is 16.5 Å². The second-order valence-corrected chi connectivity index (χ2v) is 12.4. The zero-order chi connectivity index (χ0) is 26.3. The van der Waals surface area contributed by atoms with Crippen molar-refractivity contribution in [3.63, 3.8) is 0 Å². The van der Waals surface area contributed by atoms with Crippen LogP contribution in [-0.2, 0) is 24.2 Å². The normalized spacial score (nSPS) is 21.4. The van der Waals surface area contributed by atoms with Gasteiger partial charge in [-0.15, -0.1) is 5.06 Å². The molecule has 2 aromatic rings. The Balaban J connectivity index is 1.58. The molecule has 1 aromatic heterocycles. The molecule has 0 radical (unpaired) electrons. The van der Waals surface area contributed by atoms with Gasteiger partial charge in [-0.3, -0.25) is 4.79 Å². The molecule has 13 heteroatoms. The zero-order valence-corrected chi connectivity index (χ0v) is 21.5. The van der Waals surface area contributed by atoms with E-state index < -0.39 is 44.3 Å². The molecule has 11 nitrogen and oxygen atoms in total. The predicted octanol–water partition coefficient (Wildman–Crippen LogP) is 2.78. The van der Waals surface area contributed by atoms with Crippen molar-refractivity contribution in [3.8, 4) is 11.8 Å². The molecule has 1 saturated carbocycles. The first kappa shape index (κ1) is 25.9. The minimum absolute atomic E-state index is 0.00285. The Morgan fingerprint density at radius 3 is 2.58 bits per heavy atom. The molecular weight excluding hydrogens is 510 g/mol. The van der Waals surface area contributed by atoms with Gasteiger partial charge in [-0.1, -0.05) is 11.6 Å². The number of nitriles is 1. The number of hydrogen-bond donors (Lipinski definition) is 1. The fraction of sp³-hybridized carbons (Fsp3) is 0.478. The summed E-state index contributed by atoms with van der Waals surface area (Å²) < 4.78 is 33.8. The van der Waals surface area contributed by atoms with Crippen molar-refractivity contribution in [2.75, 3.05) is 6.54 Å². The third-order valence-electron chi connectivity index (χ3n) is 5.86. The van der Waals surface area contributed by atoms with Crippen molar-refractivity contribution in [3.05, 3.63) is 41.7 Å². The van der Waals surface area contributed by atoms with E-state index in [1.807, 2.05) is 0 Å². The molecule has 2 fully saturated rings. The molecule has 1 aromatic carbocycles. The van der Waals surface area contributed by atoms with Crippen molar-refractivity contribution < 1.29 is 27.6 Å².